The Morgan fingerprint density at radius 2 is 2.20 bits per heavy atom. The quantitative estimate of drug-likeness (QED) is 0.878. The third-order valence-corrected chi connectivity index (χ3v) is 3.74. The third-order valence-electron chi connectivity index (χ3n) is 3.74. The fraction of sp³-hybridized carbons (Fsp3) is 0.438. The lowest BCUT2D eigenvalue weighted by Gasteiger charge is -2.27. The van der Waals surface area contributed by atoms with Crippen LogP contribution in [-0.4, -0.2) is 29.3 Å². The van der Waals surface area contributed by atoms with Gasteiger partial charge in [-0.3, -0.25) is 10.00 Å². The van der Waals surface area contributed by atoms with Crippen molar-refractivity contribution >= 4 is 0 Å². The number of nitrogens with zero attached hydrogens (tertiary/aromatic N) is 2. The van der Waals surface area contributed by atoms with E-state index in [-0.39, 0.29) is 0 Å². The zero-order valence-corrected chi connectivity index (χ0v) is 12.7. The zero-order valence-electron chi connectivity index (χ0n) is 12.7. The van der Waals surface area contributed by atoms with E-state index in [1.54, 1.807) is 7.11 Å². The van der Waals surface area contributed by atoms with Crippen LogP contribution < -0.4 is 4.74 Å². The van der Waals surface area contributed by atoms with E-state index in [9.17, 15) is 0 Å². The Bertz CT molecular complexity index is 550. The molecule has 1 heterocycles. The summed E-state index contributed by atoms with van der Waals surface area (Å²) >= 11 is 0. The van der Waals surface area contributed by atoms with Crippen molar-refractivity contribution in [1.82, 2.24) is 15.1 Å². The summed E-state index contributed by atoms with van der Waals surface area (Å²) in [6.07, 6.45) is 2.92. The number of aromatic nitrogens is 2. The second-order valence-electron chi connectivity index (χ2n) is 5.15. The number of ether oxygens (including phenoxy) is 1. The summed E-state index contributed by atoms with van der Waals surface area (Å²) in [4.78, 5) is 2.34. The van der Waals surface area contributed by atoms with E-state index in [1.165, 1.54) is 16.8 Å². The molecular weight excluding hydrogens is 250 g/mol. The Labute approximate surface area is 120 Å². The molecule has 2 aromatic rings. The molecule has 4 nitrogen and oxygen atoms in total. The molecule has 1 aromatic heterocycles. The van der Waals surface area contributed by atoms with Crippen molar-refractivity contribution in [2.24, 2.45) is 0 Å². The standard InChI is InChI=1S/C16H23N3O/c1-5-16(13-7-6-8-14(9-13)20-4)19(3)11-15-12(2)10-17-18-15/h6-10,16H,5,11H2,1-4H3,(H,17,18). The van der Waals surface area contributed by atoms with Crippen LogP contribution in [0.15, 0.2) is 30.5 Å². The number of aromatic amines is 1. The average Bonchev–Trinajstić information content (AvgIpc) is 2.85. The highest BCUT2D eigenvalue weighted by Crippen LogP contribution is 2.27. The Morgan fingerprint density at radius 1 is 1.40 bits per heavy atom. The summed E-state index contributed by atoms with van der Waals surface area (Å²) in [5, 5.41) is 7.16. The molecule has 0 bridgehead atoms. The highest BCUT2D eigenvalue weighted by Gasteiger charge is 2.17. The molecule has 0 spiro atoms. The van der Waals surface area contributed by atoms with Gasteiger partial charge in [-0.2, -0.15) is 5.10 Å². The maximum atomic E-state index is 5.32. The number of nitrogens with one attached hydrogen (secondary N) is 1. The van der Waals surface area contributed by atoms with Crippen LogP contribution in [0.1, 0.15) is 36.2 Å². The monoisotopic (exact) mass is 273 g/mol. The van der Waals surface area contributed by atoms with E-state index in [0.29, 0.717) is 6.04 Å². The molecule has 1 atom stereocenters. The Hall–Kier alpha value is -1.81. The van der Waals surface area contributed by atoms with Gasteiger partial charge in [0.05, 0.1) is 19.0 Å². The van der Waals surface area contributed by atoms with Crippen molar-refractivity contribution in [3.63, 3.8) is 0 Å². The molecule has 0 aliphatic carbocycles. The first kappa shape index (κ1) is 14.6. The first-order valence-corrected chi connectivity index (χ1v) is 6.98. The van der Waals surface area contributed by atoms with Gasteiger partial charge in [-0.1, -0.05) is 19.1 Å². The van der Waals surface area contributed by atoms with Crippen molar-refractivity contribution in [3.8, 4) is 5.75 Å². The molecule has 2 rings (SSSR count). The van der Waals surface area contributed by atoms with Crippen LogP contribution in [0.3, 0.4) is 0 Å². The number of hydrogen-bond acceptors (Lipinski definition) is 3. The lowest BCUT2D eigenvalue weighted by atomic mass is 10.0. The molecule has 1 aromatic carbocycles. The predicted octanol–water partition coefficient (Wildman–Crippen LogP) is 3.31. The van der Waals surface area contributed by atoms with E-state index >= 15 is 0 Å². The van der Waals surface area contributed by atoms with E-state index in [0.717, 1.165) is 18.7 Å². The molecule has 1 N–H and O–H groups in total. The summed E-state index contributed by atoms with van der Waals surface area (Å²) < 4.78 is 5.32. The Morgan fingerprint density at radius 3 is 2.80 bits per heavy atom. The van der Waals surface area contributed by atoms with Crippen LogP contribution in [0.4, 0.5) is 0 Å². The van der Waals surface area contributed by atoms with Gasteiger partial charge in [0.2, 0.25) is 0 Å². The summed E-state index contributed by atoms with van der Waals surface area (Å²) in [6.45, 7) is 5.15. The SMILES string of the molecule is CCC(c1cccc(OC)c1)N(C)Cc1[nH]ncc1C. The van der Waals surface area contributed by atoms with Crippen molar-refractivity contribution in [1.29, 1.82) is 0 Å². The van der Waals surface area contributed by atoms with Crippen LogP contribution in [0.2, 0.25) is 0 Å². The highest BCUT2D eigenvalue weighted by molar-refractivity contribution is 5.30. The molecule has 1 unspecified atom stereocenters. The normalized spacial score (nSPS) is 12.7. The molecular formula is C16H23N3O. The minimum Gasteiger partial charge on any atom is -0.497 e. The van der Waals surface area contributed by atoms with Gasteiger partial charge in [-0.05, 0) is 43.7 Å². The first-order valence-electron chi connectivity index (χ1n) is 6.98. The number of H-pyrrole nitrogens is 1. The van der Waals surface area contributed by atoms with Gasteiger partial charge in [0, 0.05) is 12.6 Å². The van der Waals surface area contributed by atoms with Gasteiger partial charge in [0.1, 0.15) is 5.75 Å². The first-order chi connectivity index (χ1) is 9.65. The fourth-order valence-electron chi connectivity index (χ4n) is 2.54. The third kappa shape index (κ3) is 3.20. The average molecular weight is 273 g/mol. The van der Waals surface area contributed by atoms with Gasteiger partial charge < -0.3 is 4.74 Å². The lowest BCUT2D eigenvalue weighted by Crippen LogP contribution is -2.24. The number of aryl methyl sites for hydroxylation is 1. The maximum Gasteiger partial charge on any atom is 0.119 e. The van der Waals surface area contributed by atoms with Crippen molar-refractivity contribution < 1.29 is 4.74 Å². The Balaban J connectivity index is 2.16. The molecule has 0 aliphatic heterocycles. The van der Waals surface area contributed by atoms with Gasteiger partial charge in [0.15, 0.2) is 0 Å². The second kappa shape index (κ2) is 6.57. The van der Waals surface area contributed by atoms with Gasteiger partial charge in [0.25, 0.3) is 0 Å². The molecule has 108 valence electrons. The highest BCUT2D eigenvalue weighted by atomic mass is 16.5. The van der Waals surface area contributed by atoms with E-state index in [1.807, 2.05) is 18.3 Å². The number of benzene rings is 1. The largest absolute Gasteiger partial charge is 0.497 e. The molecule has 0 saturated heterocycles. The topological polar surface area (TPSA) is 41.1 Å². The van der Waals surface area contributed by atoms with Crippen LogP contribution in [0, 0.1) is 6.92 Å². The molecule has 0 aliphatic rings. The van der Waals surface area contributed by atoms with E-state index < -0.39 is 0 Å². The molecule has 0 amide bonds. The lowest BCUT2D eigenvalue weighted by molar-refractivity contribution is 0.227. The summed E-state index contributed by atoms with van der Waals surface area (Å²) in [6, 6.07) is 8.67. The molecule has 20 heavy (non-hydrogen) atoms. The maximum absolute atomic E-state index is 5.32. The summed E-state index contributed by atoms with van der Waals surface area (Å²) in [7, 11) is 3.85. The predicted molar refractivity (Wildman–Crippen MR) is 80.8 cm³/mol. The van der Waals surface area contributed by atoms with Crippen LogP contribution in [0.25, 0.3) is 0 Å². The number of hydrogen-bond donors (Lipinski definition) is 1. The minimum atomic E-state index is 0.368. The number of rotatable bonds is 6. The smallest absolute Gasteiger partial charge is 0.119 e. The molecule has 0 saturated carbocycles. The van der Waals surface area contributed by atoms with Crippen molar-refractivity contribution in [3.05, 3.63) is 47.3 Å². The summed E-state index contributed by atoms with van der Waals surface area (Å²) in [5.74, 6) is 0.909. The van der Waals surface area contributed by atoms with Gasteiger partial charge >= 0.3 is 0 Å². The van der Waals surface area contributed by atoms with E-state index in [4.69, 9.17) is 4.74 Å². The van der Waals surface area contributed by atoms with Crippen molar-refractivity contribution in [2.45, 2.75) is 32.9 Å². The second-order valence-corrected chi connectivity index (χ2v) is 5.15. The van der Waals surface area contributed by atoms with Gasteiger partial charge in [-0.25, -0.2) is 0 Å². The number of methoxy groups -OCH3 is 1. The minimum absolute atomic E-state index is 0.368. The van der Waals surface area contributed by atoms with Crippen LogP contribution in [0.5, 0.6) is 5.75 Å². The van der Waals surface area contributed by atoms with Gasteiger partial charge in [-0.15, -0.1) is 0 Å². The van der Waals surface area contributed by atoms with Crippen LogP contribution in [-0.2, 0) is 6.54 Å². The van der Waals surface area contributed by atoms with Crippen LogP contribution >= 0.6 is 0 Å². The fourth-order valence-corrected chi connectivity index (χ4v) is 2.54. The summed E-state index contributed by atoms with van der Waals surface area (Å²) in [5.41, 5.74) is 3.66. The van der Waals surface area contributed by atoms with E-state index in [2.05, 4.69) is 48.1 Å². The molecule has 0 radical (unpaired) electrons. The zero-order chi connectivity index (χ0) is 14.5. The molecule has 4 heteroatoms. The molecule has 0 fully saturated rings. The Kier molecular flexibility index (Phi) is 4.79. The van der Waals surface area contributed by atoms with Crippen molar-refractivity contribution in [2.75, 3.05) is 14.2 Å².